The van der Waals surface area contributed by atoms with Crippen LogP contribution in [0, 0.1) is 0 Å². The second kappa shape index (κ2) is 13.3. The van der Waals surface area contributed by atoms with Gasteiger partial charge in [0, 0.05) is 44.2 Å². The molecule has 12 aromatic rings. The molecule has 14 rings (SSSR count). The van der Waals surface area contributed by atoms with Crippen LogP contribution < -0.4 is 4.90 Å². The van der Waals surface area contributed by atoms with E-state index in [0.717, 1.165) is 66.5 Å². The van der Waals surface area contributed by atoms with Crippen molar-refractivity contribution in [1.29, 1.82) is 0 Å². The van der Waals surface area contributed by atoms with Gasteiger partial charge in [-0.15, -0.1) is 0 Å². The van der Waals surface area contributed by atoms with Crippen molar-refractivity contribution >= 4 is 60.9 Å². The van der Waals surface area contributed by atoms with E-state index < -0.39 is 5.41 Å². The SMILES string of the molecule is c1ccc(-c2ccc(N(c3ccc4c(c3)C3(c5ccccc5-c5ccccc5-4)c4ccccc4-c4c3ccc3c4oc4ccccc43)c3ccc4oc5ccccc5c4c3)cc2)cc1. The zero-order chi connectivity index (χ0) is 41.9. The van der Waals surface area contributed by atoms with Gasteiger partial charge in [-0.05, 0) is 116 Å². The Morgan fingerprint density at radius 2 is 0.828 bits per heavy atom. The van der Waals surface area contributed by atoms with Gasteiger partial charge in [0.25, 0.3) is 0 Å². The molecule has 64 heavy (non-hydrogen) atoms. The maximum Gasteiger partial charge on any atom is 0.143 e. The molecule has 2 heterocycles. The van der Waals surface area contributed by atoms with E-state index >= 15 is 0 Å². The van der Waals surface area contributed by atoms with Gasteiger partial charge in [-0.25, -0.2) is 0 Å². The summed E-state index contributed by atoms with van der Waals surface area (Å²) in [4.78, 5) is 2.41. The van der Waals surface area contributed by atoms with Crippen LogP contribution in [-0.4, -0.2) is 0 Å². The standard InChI is InChI=1S/C61H37NO2/c1-2-14-38(15-3-1)39-26-28-40(29-27-39)62(41-31-35-58-51(36-41)48-20-9-12-24-56(48)63-58)42-30-32-46-44-17-5-4-16-43(44)45-18-6-10-22-52(45)61(55(46)37-42)53-23-11-7-21-50(53)59-54(61)34-33-49-47-19-8-13-25-57(47)64-60(49)59/h1-37H. The van der Waals surface area contributed by atoms with Gasteiger partial charge in [-0.2, -0.15) is 0 Å². The summed E-state index contributed by atoms with van der Waals surface area (Å²) in [5, 5.41) is 4.45. The molecule has 2 aliphatic rings. The number of rotatable bonds is 4. The number of hydrogen-bond donors (Lipinski definition) is 0. The van der Waals surface area contributed by atoms with Gasteiger partial charge in [-0.3, -0.25) is 0 Å². The minimum Gasteiger partial charge on any atom is -0.456 e. The lowest BCUT2D eigenvalue weighted by molar-refractivity contribution is 0.668. The molecule has 0 aliphatic heterocycles. The summed E-state index contributed by atoms with van der Waals surface area (Å²) in [6.45, 7) is 0. The van der Waals surface area contributed by atoms with Crippen LogP contribution in [0.2, 0.25) is 0 Å². The Labute approximate surface area is 369 Å². The van der Waals surface area contributed by atoms with Gasteiger partial charge in [0.15, 0.2) is 0 Å². The second-order valence-corrected chi connectivity index (χ2v) is 17.1. The summed E-state index contributed by atoms with van der Waals surface area (Å²) in [7, 11) is 0. The van der Waals surface area contributed by atoms with E-state index in [-0.39, 0.29) is 0 Å². The quantitative estimate of drug-likeness (QED) is 0.177. The first-order chi connectivity index (χ1) is 31.7. The molecule has 298 valence electrons. The van der Waals surface area contributed by atoms with Crippen LogP contribution in [0.3, 0.4) is 0 Å². The molecule has 1 spiro atoms. The number of benzene rings is 10. The number of anilines is 3. The average Bonchev–Trinajstić information content (AvgIpc) is 4.01. The van der Waals surface area contributed by atoms with Crippen LogP contribution in [-0.2, 0) is 5.41 Å². The maximum atomic E-state index is 6.92. The van der Waals surface area contributed by atoms with E-state index in [2.05, 4.69) is 217 Å². The van der Waals surface area contributed by atoms with E-state index in [9.17, 15) is 0 Å². The minimum absolute atomic E-state index is 0.701. The molecule has 0 N–H and O–H groups in total. The fourth-order valence-corrected chi connectivity index (χ4v) is 11.2. The fraction of sp³-hybridized carbons (Fsp3) is 0.0164. The average molecular weight is 816 g/mol. The second-order valence-electron chi connectivity index (χ2n) is 17.1. The summed E-state index contributed by atoms with van der Waals surface area (Å²) < 4.78 is 13.3. The fourth-order valence-electron chi connectivity index (χ4n) is 11.2. The lowest BCUT2D eigenvalue weighted by Gasteiger charge is -2.36. The molecule has 0 amide bonds. The van der Waals surface area contributed by atoms with Gasteiger partial charge in [0.05, 0.1) is 5.41 Å². The lowest BCUT2D eigenvalue weighted by Crippen LogP contribution is -2.29. The van der Waals surface area contributed by atoms with Crippen LogP contribution in [0.15, 0.2) is 233 Å². The van der Waals surface area contributed by atoms with Crippen LogP contribution in [0.4, 0.5) is 17.1 Å². The van der Waals surface area contributed by atoms with Crippen molar-refractivity contribution in [1.82, 2.24) is 0 Å². The summed E-state index contributed by atoms with van der Waals surface area (Å²) >= 11 is 0. The predicted octanol–water partition coefficient (Wildman–Crippen LogP) is 16.6. The Morgan fingerprint density at radius 1 is 0.297 bits per heavy atom. The zero-order valence-electron chi connectivity index (χ0n) is 34.6. The van der Waals surface area contributed by atoms with Crippen LogP contribution in [0.25, 0.3) is 88.4 Å². The van der Waals surface area contributed by atoms with Gasteiger partial charge >= 0.3 is 0 Å². The smallest absolute Gasteiger partial charge is 0.143 e. The normalized spacial score (nSPS) is 14.6. The molecule has 3 nitrogen and oxygen atoms in total. The molecule has 2 aliphatic carbocycles. The van der Waals surface area contributed by atoms with Crippen LogP contribution in [0.5, 0.6) is 0 Å². The van der Waals surface area contributed by atoms with Gasteiger partial charge in [0.1, 0.15) is 22.3 Å². The molecule has 1 atom stereocenters. The minimum atomic E-state index is -0.701. The highest BCUT2D eigenvalue weighted by molar-refractivity contribution is 6.13. The molecular formula is C61H37NO2. The van der Waals surface area contributed by atoms with Gasteiger partial charge in [-0.1, -0.05) is 170 Å². The first-order valence-corrected chi connectivity index (χ1v) is 22.0. The number of para-hydroxylation sites is 2. The topological polar surface area (TPSA) is 29.5 Å². The molecular weight excluding hydrogens is 779 g/mol. The molecule has 2 aromatic heterocycles. The summed E-state index contributed by atoms with van der Waals surface area (Å²) in [6, 6.07) is 81.8. The largest absolute Gasteiger partial charge is 0.456 e. The molecule has 0 saturated heterocycles. The van der Waals surface area contributed by atoms with E-state index in [1.54, 1.807) is 0 Å². The third kappa shape index (κ3) is 4.81. The Balaban J connectivity index is 1.09. The zero-order valence-corrected chi connectivity index (χ0v) is 34.6. The maximum absolute atomic E-state index is 6.92. The summed E-state index contributed by atoms with van der Waals surface area (Å²) in [5.74, 6) is 0. The first kappa shape index (κ1) is 35.2. The first-order valence-electron chi connectivity index (χ1n) is 22.0. The Morgan fingerprint density at radius 3 is 1.59 bits per heavy atom. The summed E-state index contributed by atoms with van der Waals surface area (Å²) in [5.41, 5.74) is 20.6. The number of fused-ring (bicyclic) bond motifs is 19. The summed E-state index contributed by atoms with van der Waals surface area (Å²) in [6.07, 6.45) is 0. The van der Waals surface area contributed by atoms with Crippen molar-refractivity contribution in [2.24, 2.45) is 0 Å². The third-order valence-corrected chi connectivity index (χ3v) is 13.9. The monoisotopic (exact) mass is 815 g/mol. The van der Waals surface area contributed by atoms with E-state index in [0.29, 0.717) is 0 Å². The van der Waals surface area contributed by atoms with Crippen molar-refractivity contribution in [3.05, 3.63) is 247 Å². The van der Waals surface area contributed by atoms with Gasteiger partial charge < -0.3 is 13.7 Å². The molecule has 0 fully saturated rings. The molecule has 1 unspecified atom stereocenters. The van der Waals surface area contributed by atoms with Crippen molar-refractivity contribution in [3.8, 4) is 44.5 Å². The van der Waals surface area contributed by atoms with E-state index in [4.69, 9.17) is 8.83 Å². The molecule has 0 bridgehead atoms. The third-order valence-electron chi connectivity index (χ3n) is 13.9. The molecule has 3 heteroatoms. The van der Waals surface area contributed by atoms with Gasteiger partial charge in [0.2, 0.25) is 0 Å². The molecule has 0 radical (unpaired) electrons. The van der Waals surface area contributed by atoms with Crippen molar-refractivity contribution in [2.75, 3.05) is 4.90 Å². The Kier molecular flexibility index (Phi) is 7.32. The van der Waals surface area contributed by atoms with Crippen LogP contribution >= 0.6 is 0 Å². The van der Waals surface area contributed by atoms with Crippen molar-refractivity contribution < 1.29 is 8.83 Å². The van der Waals surface area contributed by atoms with E-state index in [1.807, 2.05) is 12.1 Å². The highest BCUT2D eigenvalue weighted by atomic mass is 16.3. The predicted molar refractivity (Wildman–Crippen MR) is 263 cm³/mol. The Hall–Kier alpha value is -8.40. The molecule has 10 aromatic carbocycles. The van der Waals surface area contributed by atoms with Crippen LogP contribution in [0.1, 0.15) is 22.3 Å². The van der Waals surface area contributed by atoms with Crippen molar-refractivity contribution in [2.45, 2.75) is 5.41 Å². The highest BCUT2D eigenvalue weighted by Crippen LogP contribution is 2.63. The van der Waals surface area contributed by atoms with Crippen molar-refractivity contribution in [3.63, 3.8) is 0 Å². The Bertz CT molecular complexity index is 3860. The van der Waals surface area contributed by atoms with E-state index in [1.165, 1.54) is 61.2 Å². The lowest BCUT2D eigenvalue weighted by atomic mass is 9.65. The number of nitrogens with zero attached hydrogens (tertiary/aromatic N) is 1. The molecule has 0 saturated carbocycles. The number of hydrogen-bond acceptors (Lipinski definition) is 3. The highest BCUT2D eigenvalue weighted by Gasteiger charge is 2.51. The number of furan rings is 2.